The van der Waals surface area contributed by atoms with Crippen molar-refractivity contribution in [2.24, 2.45) is 12.2 Å². The van der Waals surface area contributed by atoms with Crippen LogP contribution in [0.5, 0.6) is 0 Å². The van der Waals surface area contributed by atoms with Crippen molar-refractivity contribution in [1.29, 1.82) is 0 Å². The molecule has 156 valence electrons. The van der Waals surface area contributed by atoms with Gasteiger partial charge in [0, 0.05) is 49.0 Å². The number of rotatable bonds is 5. The molecule has 0 spiro atoms. The van der Waals surface area contributed by atoms with E-state index in [0.29, 0.717) is 22.9 Å². The SMILES string of the molecule is Cn1ccnc1NC1=CC=C(c2cnc(-c3ccc(N)cc3)s2)C(C)(S(N)(=O)=O)C1. The van der Waals surface area contributed by atoms with Gasteiger partial charge in [-0.25, -0.2) is 23.5 Å². The van der Waals surface area contributed by atoms with E-state index in [-0.39, 0.29) is 6.42 Å². The molecule has 1 unspecified atom stereocenters. The first kappa shape index (κ1) is 20.3. The van der Waals surface area contributed by atoms with Gasteiger partial charge in [0.1, 0.15) is 9.75 Å². The van der Waals surface area contributed by atoms with E-state index in [1.54, 1.807) is 25.4 Å². The van der Waals surface area contributed by atoms with Gasteiger partial charge in [0.15, 0.2) is 0 Å². The summed E-state index contributed by atoms with van der Waals surface area (Å²) in [4.78, 5) is 9.47. The highest BCUT2D eigenvalue weighted by molar-refractivity contribution is 7.91. The molecule has 30 heavy (non-hydrogen) atoms. The molecule has 0 aliphatic heterocycles. The molecule has 1 aromatic carbocycles. The molecule has 1 aliphatic carbocycles. The van der Waals surface area contributed by atoms with E-state index in [1.165, 1.54) is 11.3 Å². The highest BCUT2D eigenvalue weighted by Crippen LogP contribution is 2.43. The number of aryl methyl sites for hydroxylation is 1. The zero-order valence-electron chi connectivity index (χ0n) is 16.5. The van der Waals surface area contributed by atoms with E-state index in [0.717, 1.165) is 15.4 Å². The second-order valence-electron chi connectivity index (χ2n) is 7.36. The van der Waals surface area contributed by atoms with Crippen LogP contribution in [-0.4, -0.2) is 27.7 Å². The van der Waals surface area contributed by atoms with Crippen LogP contribution < -0.4 is 16.2 Å². The number of hydrogen-bond acceptors (Lipinski definition) is 7. The predicted octanol–water partition coefficient (Wildman–Crippen LogP) is 2.96. The molecule has 0 bridgehead atoms. The molecule has 8 nitrogen and oxygen atoms in total. The minimum absolute atomic E-state index is 0.194. The molecular formula is C20H22N6O2S2. The maximum absolute atomic E-state index is 12.7. The molecule has 1 aliphatic rings. The van der Waals surface area contributed by atoms with Crippen molar-refractivity contribution < 1.29 is 8.42 Å². The van der Waals surface area contributed by atoms with Crippen molar-refractivity contribution in [3.8, 4) is 10.6 Å². The molecule has 5 N–H and O–H groups in total. The third-order valence-corrected chi connectivity index (χ3v) is 7.90. The smallest absolute Gasteiger partial charge is 0.219 e. The van der Waals surface area contributed by atoms with Crippen LogP contribution in [0.1, 0.15) is 18.2 Å². The van der Waals surface area contributed by atoms with Gasteiger partial charge in [0.05, 0.1) is 4.88 Å². The Labute approximate surface area is 179 Å². The number of aromatic nitrogens is 3. The number of sulfonamides is 1. The molecule has 0 amide bonds. The van der Waals surface area contributed by atoms with Crippen molar-refractivity contribution in [2.75, 3.05) is 11.1 Å². The number of nitrogens with one attached hydrogen (secondary N) is 1. The van der Waals surface area contributed by atoms with Crippen molar-refractivity contribution in [2.45, 2.75) is 18.1 Å². The zero-order chi connectivity index (χ0) is 21.5. The Morgan fingerprint density at radius 2 is 1.93 bits per heavy atom. The monoisotopic (exact) mass is 442 g/mol. The van der Waals surface area contributed by atoms with Gasteiger partial charge >= 0.3 is 0 Å². The fourth-order valence-electron chi connectivity index (χ4n) is 3.35. The Balaban J connectivity index is 1.73. The van der Waals surface area contributed by atoms with Gasteiger partial charge in [-0.1, -0.05) is 6.08 Å². The predicted molar refractivity (Wildman–Crippen MR) is 121 cm³/mol. The number of benzene rings is 1. The summed E-state index contributed by atoms with van der Waals surface area (Å²) in [5, 5.41) is 9.67. The van der Waals surface area contributed by atoms with Crippen molar-refractivity contribution in [1.82, 2.24) is 14.5 Å². The van der Waals surface area contributed by atoms with Gasteiger partial charge in [0.25, 0.3) is 0 Å². The molecule has 0 saturated heterocycles. The van der Waals surface area contributed by atoms with E-state index in [9.17, 15) is 8.42 Å². The van der Waals surface area contributed by atoms with Gasteiger partial charge in [-0.3, -0.25) is 0 Å². The molecule has 2 aromatic heterocycles. The maximum Gasteiger partial charge on any atom is 0.219 e. The number of imidazole rings is 1. The molecule has 0 radical (unpaired) electrons. The second kappa shape index (κ2) is 7.38. The van der Waals surface area contributed by atoms with Crippen molar-refractivity contribution in [3.05, 3.63) is 65.6 Å². The topological polar surface area (TPSA) is 129 Å². The number of allylic oxidation sites excluding steroid dienone is 3. The Morgan fingerprint density at radius 1 is 1.20 bits per heavy atom. The fourth-order valence-corrected chi connectivity index (χ4v) is 5.33. The molecule has 10 heteroatoms. The zero-order valence-corrected chi connectivity index (χ0v) is 18.2. The van der Waals surface area contributed by atoms with Crippen LogP contribution in [0.4, 0.5) is 11.6 Å². The van der Waals surface area contributed by atoms with Gasteiger partial charge < -0.3 is 15.6 Å². The highest BCUT2D eigenvalue weighted by atomic mass is 32.2. The Morgan fingerprint density at radius 3 is 2.57 bits per heavy atom. The lowest BCUT2D eigenvalue weighted by molar-refractivity contribution is 0.565. The minimum Gasteiger partial charge on any atom is -0.399 e. The van der Waals surface area contributed by atoms with Crippen LogP contribution in [0, 0.1) is 0 Å². The summed E-state index contributed by atoms with van der Waals surface area (Å²) in [6.45, 7) is 1.64. The van der Waals surface area contributed by atoms with Gasteiger partial charge in [-0.05, 0) is 42.8 Å². The molecule has 1 atom stereocenters. The highest BCUT2D eigenvalue weighted by Gasteiger charge is 2.44. The van der Waals surface area contributed by atoms with Gasteiger partial charge in [-0.15, -0.1) is 11.3 Å². The normalized spacial score (nSPS) is 19.3. The fraction of sp³-hybridized carbons (Fsp3) is 0.200. The number of thiazole rings is 1. The molecule has 0 fully saturated rings. The average molecular weight is 443 g/mol. The number of nitrogens with zero attached hydrogens (tertiary/aromatic N) is 3. The number of primary sulfonamides is 1. The minimum atomic E-state index is -3.92. The van der Waals surface area contributed by atoms with E-state index < -0.39 is 14.8 Å². The quantitative estimate of drug-likeness (QED) is 0.521. The van der Waals surface area contributed by atoms with Crippen LogP contribution >= 0.6 is 11.3 Å². The van der Waals surface area contributed by atoms with Crippen LogP contribution in [0.15, 0.2) is 60.7 Å². The van der Waals surface area contributed by atoms with Crippen molar-refractivity contribution in [3.63, 3.8) is 0 Å². The lowest BCUT2D eigenvalue weighted by Crippen LogP contribution is -2.43. The van der Waals surface area contributed by atoms with Crippen LogP contribution in [0.2, 0.25) is 0 Å². The number of hydrogen-bond donors (Lipinski definition) is 3. The number of nitrogens with two attached hydrogens (primary N) is 2. The Kier molecular flexibility index (Phi) is 5.00. The molecule has 3 aromatic rings. The number of nitrogen functional groups attached to an aromatic ring is 1. The van der Waals surface area contributed by atoms with E-state index >= 15 is 0 Å². The second-order valence-corrected chi connectivity index (χ2v) is 10.4. The summed E-state index contributed by atoms with van der Waals surface area (Å²) in [5.74, 6) is 0.623. The summed E-state index contributed by atoms with van der Waals surface area (Å²) in [6, 6.07) is 7.40. The Bertz CT molecular complexity index is 1250. The summed E-state index contributed by atoms with van der Waals surface area (Å²) < 4.78 is 25.8. The van der Waals surface area contributed by atoms with Crippen LogP contribution in [-0.2, 0) is 17.1 Å². The van der Waals surface area contributed by atoms with Crippen molar-refractivity contribution >= 4 is 38.6 Å². The van der Waals surface area contributed by atoms with Gasteiger partial charge in [-0.2, -0.15) is 0 Å². The first-order valence-electron chi connectivity index (χ1n) is 9.17. The lowest BCUT2D eigenvalue weighted by Gasteiger charge is -2.33. The van der Waals surface area contributed by atoms with E-state index in [4.69, 9.17) is 10.9 Å². The molecule has 4 rings (SSSR count). The first-order valence-corrected chi connectivity index (χ1v) is 11.5. The largest absolute Gasteiger partial charge is 0.399 e. The number of anilines is 2. The average Bonchev–Trinajstić information content (AvgIpc) is 3.31. The summed E-state index contributed by atoms with van der Waals surface area (Å²) in [6.07, 6.45) is 9.01. The third-order valence-electron chi connectivity index (χ3n) is 5.20. The maximum atomic E-state index is 12.7. The standard InChI is InChI=1S/C20H22N6O2S2/c1-20(30(22,27)28)11-15(25-19-23-9-10-26(19)2)7-8-16(20)17-12-24-18(29-17)13-3-5-14(21)6-4-13/h3-10,12H,11,21H2,1-2H3,(H,23,25)(H2,22,27,28). The molecular weight excluding hydrogens is 420 g/mol. The summed E-state index contributed by atoms with van der Waals surface area (Å²) in [5.41, 5.74) is 8.68. The molecule has 0 saturated carbocycles. The van der Waals surface area contributed by atoms with E-state index in [1.807, 2.05) is 48.2 Å². The summed E-state index contributed by atoms with van der Waals surface area (Å²) in [7, 11) is -2.06. The first-order chi connectivity index (χ1) is 14.2. The van der Waals surface area contributed by atoms with Gasteiger partial charge in [0.2, 0.25) is 16.0 Å². The summed E-state index contributed by atoms with van der Waals surface area (Å²) >= 11 is 1.42. The van der Waals surface area contributed by atoms with Crippen LogP contribution in [0.3, 0.4) is 0 Å². The molecule has 2 heterocycles. The van der Waals surface area contributed by atoms with Crippen LogP contribution in [0.25, 0.3) is 16.1 Å². The lowest BCUT2D eigenvalue weighted by atomic mass is 9.89. The van der Waals surface area contributed by atoms with E-state index in [2.05, 4.69) is 15.3 Å². The Hall–Kier alpha value is -2.95. The third kappa shape index (κ3) is 3.64.